The molecular weight excluding hydrogens is 396 g/mol. The number of hydrogen-bond donors (Lipinski definition) is 0. The molecule has 2 aliphatic rings. The molecular formula is C28H34N2O2. The molecule has 0 bridgehead atoms. The van der Waals surface area contributed by atoms with Gasteiger partial charge in [0.2, 0.25) is 0 Å². The first kappa shape index (κ1) is 22.1. The van der Waals surface area contributed by atoms with Gasteiger partial charge >= 0.3 is 0 Å². The molecule has 2 aromatic carbocycles. The van der Waals surface area contributed by atoms with Crippen molar-refractivity contribution in [2.75, 3.05) is 11.6 Å². The number of allylic oxidation sites excluding steroid dienone is 3. The lowest BCUT2D eigenvalue weighted by molar-refractivity contribution is 0.227. The van der Waals surface area contributed by atoms with Crippen molar-refractivity contribution in [1.29, 1.82) is 0 Å². The SMILES string of the molecule is Cc1cc(C)c(N2C=C3C=CC=C(c4c(OC(C)C)cccc4OC(C)C)N3C2)c(C)c1. The van der Waals surface area contributed by atoms with Crippen LogP contribution < -0.4 is 14.4 Å². The van der Waals surface area contributed by atoms with Gasteiger partial charge in [0, 0.05) is 11.9 Å². The van der Waals surface area contributed by atoms with E-state index in [9.17, 15) is 0 Å². The third-order valence-corrected chi connectivity index (χ3v) is 5.60. The quantitative estimate of drug-likeness (QED) is 0.508. The van der Waals surface area contributed by atoms with Gasteiger partial charge in [-0.1, -0.05) is 29.8 Å². The Morgan fingerprint density at radius 1 is 0.875 bits per heavy atom. The monoisotopic (exact) mass is 430 g/mol. The van der Waals surface area contributed by atoms with E-state index < -0.39 is 0 Å². The van der Waals surface area contributed by atoms with E-state index in [1.807, 2.05) is 18.2 Å². The van der Waals surface area contributed by atoms with Crippen LogP contribution in [0.15, 0.2) is 60.5 Å². The van der Waals surface area contributed by atoms with Gasteiger partial charge in [-0.15, -0.1) is 0 Å². The summed E-state index contributed by atoms with van der Waals surface area (Å²) in [5, 5.41) is 0. The zero-order chi connectivity index (χ0) is 23.0. The average molecular weight is 431 g/mol. The summed E-state index contributed by atoms with van der Waals surface area (Å²) < 4.78 is 12.5. The third-order valence-electron chi connectivity index (χ3n) is 5.60. The highest BCUT2D eigenvalue weighted by molar-refractivity contribution is 5.79. The lowest BCUT2D eigenvalue weighted by Gasteiger charge is -2.31. The van der Waals surface area contributed by atoms with E-state index in [-0.39, 0.29) is 12.2 Å². The predicted molar refractivity (Wildman–Crippen MR) is 133 cm³/mol. The Kier molecular flexibility index (Phi) is 6.05. The molecule has 2 aromatic rings. The molecule has 0 saturated heterocycles. The Hall–Kier alpha value is -3.14. The minimum Gasteiger partial charge on any atom is -0.490 e. The highest BCUT2D eigenvalue weighted by Gasteiger charge is 2.30. The highest BCUT2D eigenvalue weighted by Crippen LogP contribution is 2.43. The zero-order valence-electron chi connectivity index (χ0n) is 20.3. The van der Waals surface area contributed by atoms with Crippen molar-refractivity contribution in [3.05, 3.63) is 82.7 Å². The number of anilines is 1. The molecule has 0 aliphatic carbocycles. The van der Waals surface area contributed by atoms with Crippen LogP contribution in [-0.2, 0) is 0 Å². The van der Waals surface area contributed by atoms with Crippen LogP contribution >= 0.6 is 0 Å². The lowest BCUT2D eigenvalue weighted by atomic mass is 10.0. The normalized spacial score (nSPS) is 15.3. The Bertz CT molecular complexity index is 1060. The van der Waals surface area contributed by atoms with Crippen LogP contribution in [0.5, 0.6) is 11.5 Å². The van der Waals surface area contributed by atoms with Crippen molar-refractivity contribution in [2.45, 2.75) is 60.7 Å². The molecule has 168 valence electrons. The fourth-order valence-electron chi connectivity index (χ4n) is 4.63. The van der Waals surface area contributed by atoms with E-state index in [4.69, 9.17) is 9.47 Å². The number of hydrogen-bond acceptors (Lipinski definition) is 4. The Labute approximate surface area is 192 Å². The van der Waals surface area contributed by atoms with E-state index in [1.165, 1.54) is 22.4 Å². The molecule has 2 aliphatic heterocycles. The van der Waals surface area contributed by atoms with Crippen molar-refractivity contribution in [3.8, 4) is 11.5 Å². The van der Waals surface area contributed by atoms with E-state index in [0.717, 1.165) is 35.1 Å². The minimum atomic E-state index is 0.0747. The fraction of sp³-hybridized carbons (Fsp3) is 0.357. The standard InChI is InChI=1S/C28H34N2O2/c1-18(2)31-25-12-9-13-26(32-19(3)4)27(25)24-11-8-10-23-16-29(17-30(23)24)28-21(6)14-20(5)15-22(28)7/h8-16,18-19H,17H2,1-7H3. The number of rotatable bonds is 6. The van der Waals surface area contributed by atoms with Gasteiger partial charge in [-0.05, 0) is 83.9 Å². The van der Waals surface area contributed by atoms with Crippen molar-refractivity contribution in [1.82, 2.24) is 4.90 Å². The lowest BCUT2D eigenvalue weighted by Crippen LogP contribution is -2.28. The van der Waals surface area contributed by atoms with Gasteiger partial charge in [-0.25, -0.2) is 0 Å². The molecule has 0 N–H and O–H groups in total. The second-order valence-electron chi connectivity index (χ2n) is 9.21. The van der Waals surface area contributed by atoms with Gasteiger partial charge in [0.05, 0.1) is 35.8 Å². The van der Waals surface area contributed by atoms with Crippen LogP contribution in [0.25, 0.3) is 5.70 Å². The number of nitrogens with zero attached hydrogens (tertiary/aromatic N) is 2. The first-order valence-electron chi connectivity index (χ1n) is 11.4. The second kappa shape index (κ2) is 8.78. The highest BCUT2D eigenvalue weighted by atomic mass is 16.5. The number of ether oxygens (including phenoxy) is 2. The summed E-state index contributed by atoms with van der Waals surface area (Å²) in [5.74, 6) is 1.69. The van der Waals surface area contributed by atoms with Gasteiger partial charge in [0.1, 0.15) is 11.5 Å². The topological polar surface area (TPSA) is 24.9 Å². The van der Waals surface area contributed by atoms with Crippen molar-refractivity contribution in [3.63, 3.8) is 0 Å². The fourth-order valence-corrected chi connectivity index (χ4v) is 4.63. The summed E-state index contributed by atoms with van der Waals surface area (Å²) in [5.41, 5.74) is 8.42. The van der Waals surface area contributed by atoms with Crippen LogP contribution in [0.1, 0.15) is 49.9 Å². The predicted octanol–water partition coefficient (Wildman–Crippen LogP) is 6.72. The first-order chi connectivity index (χ1) is 15.2. The first-order valence-corrected chi connectivity index (χ1v) is 11.4. The van der Waals surface area contributed by atoms with Crippen LogP contribution in [0, 0.1) is 20.8 Å². The van der Waals surface area contributed by atoms with E-state index >= 15 is 0 Å². The number of aryl methyl sites for hydroxylation is 3. The van der Waals surface area contributed by atoms with Crippen LogP contribution in [-0.4, -0.2) is 23.8 Å². The molecule has 0 atom stereocenters. The summed E-state index contributed by atoms with van der Waals surface area (Å²) in [6.45, 7) is 15.5. The molecule has 4 heteroatoms. The maximum Gasteiger partial charge on any atom is 0.132 e. The molecule has 4 rings (SSSR count). The molecule has 2 heterocycles. The zero-order valence-corrected chi connectivity index (χ0v) is 20.3. The van der Waals surface area contributed by atoms with Crippen LogP contribution in [0.2, 0.25) is 0 Å². The second-order valence-corrected chi connectivity index (χ2v) is 9.21. The van der Waals surface area contributed by atoms with Gasteiger partial charge in [0.25, 0.3) is 0 Å². The smallest absolute Gasteiger partial charge is 0.132 e. The summed E-state index contributed by atoms with van der Waals surface area (Å²) >= 11 is 0. The van der Waals surface area contributed by atoms with Crippen molar-refractivity contribution < 1.29 is 9.47 Å². The van der Waals surface area contributed by atoms with Gasteiger partial charge in [0.15, 0.2) is 0 Å². The molecule has 32 heavy (non-hydrogen) atoms. The number of fused-ring (bicyclic) bond motifs is 1. The van der Waals surface area contributed by atoms with Gasteiger partial charge < -0.3 is 19.3 Å². The molecule has 0 spiro atoms. The summed E-state index contributed by atoms with van der Waals surface area (Å²) in [4.78, 5) is 4.69. The van der Waals surface area contributed by atoms with E-state index in [2.05, 4.69) is 94.8 Å². The molecule has 0 aromatic heterocycles. The van der Waals surface area contributed by atoms with Crippen LogP contribution in [0.4, 0.5) is 5.69 Å². The Morgan fingerprint density at radius 2 is 1.47 bits per heavy atom. The molecule has 0 unspecified atom stereocenters. The maximum atomic E-state index is 6.23. The minimum absolute atomic E-state index is 0.0747. The average Bonchev–Trinajstić information content (AvgIpc) is 3.10. The Morgan fingerprint density at radius 3 is 2.03 bits per heavy atom. The summed E-state index contributed by atoms with van der Waals surface area (Å²) in [7, 11) is 0. The van der Waals surface area contributed by atoms with Crippen molar-refractivity contribution in [2.24, 2.45) is 0 Å². The Balaban J connectivity index is 1.76. The van der Waals surface area contributed by atoms with Gasteiger partial charge in [-0.3, -0.25) is 0 Å². The summed E-state index contributed by atoms with van der Waals surface area (Å²) in [6, 6.07) is 10.6. The van der Waals surface area contributed by atoms with Gasteiger partial charge in [-0.2, -0.15) is 0 Å². The van der Waals surface area contributed by atoms with Crippen molar-refractivity contribution >= 4 is 11.4 Å². The largest absolute Gasteiger partial charge is 0.490 e. The number of benzene rings is 2. The van der Waals surface area contributed by atoms with E-state index in [1.54, 1.807) is 0 Å². The van der Waals surface area contributed by atoms with Crippen LogP contribution in [0.3, 0.4) is 0 Å². The third kappa shape index (κ3) is 4.27. The molecule has 0 amide bonds. The maximum absolute atomic E-state index is 6.23. The van der Waals surface area contributed by atoms with E-state index in [0.29, 0.717) is 0 Å². The molecule has 0 radical (unpaired) electrons. The summed E-state index contributed by atoms with van der Waals surface area (Å²) in [6.07, 6.45) is 8.82. The molecule has 0 fully saturated rings. The molecule has 0 saturated carbocycles. The molecule has 4 nitrogen and oxygen atoms in total.